The number of nitrogens with zero attached hydrogens (tertiary/aromatic N) is 3. The molecule has 0 spiro atoms. The maximum Gasteiger partial charge on any atom is 0.324 e. The van der Waals surface area contributed by atoms with E-state index in [4.69, 9.17) is 9.72 Å². The lowest BCUT2D eigenvalue weighted by Crippen LogP contribution is -2.49. The Balaban J connectivity index is 1.56. The van der Waals surface area contributed by atoms with E-state index in [1.54, 1.807) is 11.3 Å². The average molecular weight is 330 g/mol. The second-order valence-electron chi connectivity index (χ2n) is 6.53. The van der Waals surface area contributed by atoms with E-state index in [9.17, 15) is 4.79 Å². The number of aromatic nitrogens is 1. The third kappa shape index (κ3) is 1.96. The first-order valence-corrected chi connectivity index (χ1v) is 8.86. The lowest BCUT2D eigenvalue weighted by Gasteiger charge is -2.33. The monoisotopic (exact) mass is 330 g/mol. The van der Waals surface area contributed by atoms with Crippen molar-refractivity contribution in [3.05, 3.63) is 17.7 Å². The number of piperidine rings is 1. The molecule has 1 aromatic carbocycles. The van der Waals surface area contributed by atoms with E-state index >= 15 is 0 Å². The van der Waals surface area contributed by atoms with Crippen molar-refractivity contribution >= 4 is 32.7 Å². The fourth-order valence-corrected chi connectivity index (χ4v) is 4.97. The Kier molecular flexibility index (Phi) is 2.84. The molecule has 2 aromatic rings. The second kappa shape index (κ2) is 4.82. The molecular weight excluding hydrogens is 312 g/mol. The SMILES string of the molecule is CN1CCC2C(C1)NC(=O)N2c1nc2c3c(ccc2s1)OCC3. The Morgan fingerprint density at radius 3 is 3.26 bits per heavy atom. The summed E-state index contributed by atoms with van der Waals surface area (Å²) in [6.45, 7) is 2.64. The third-order valence-electron chi connectivity index (χ3n) is 5.07. The summed E-state index contributed by atoms with van der Waals surface area (Å²) < 4.78 is 6.76. The number of likely N-dealkylation sites (N-methyl/N-ethyl adjacent to an activating group) is 1. The van der Waals surface area contributed by atoms with Crippen LogP contribution >= 0.6 is 11.3 Å². The summed E-state index contributed by atoms with van der Waals surface area (Å²) in [5.74, 6) is 0.942. The summed E-state index contributed by atoms with van der Waals surface area (Å²) in [4.78, 5) is 21.5. The highest BCUT2D eigenvalue weighted by Gasteiger charge is 2.44. The molecule has 0 bridgehead atoms. The van der Waals surface area contributed by atoms with E-state index in [1.165, 1.54) is 5.56 Å². The van der Waals surface area contributed by atoms with Crippen LogP contribution < -0.4 is 15.0 Å². The number of hydrogen-bond acceptors (Lipinski definition) is 5. The van der Waals surface area contributed by atoms with Crippen molar-refractivity contribution in [2.45, 2.75) is 24.9 Å². The number of nitrogens with one attached hydrogen (secondary N) is 1. The lowest BCUT2D eigenvalue weighted by molar-refractivity contribution is 0.229. The van der Waals surface area contributed by atoms with Gasteiger partial charge in [-0.15, -0.1) is 0 Å². The Labute approximate surface area is 138 Å². The number of benzene rings is 1. The number of urea groups is 1. The molecule has 120 valence electrons. The summed E-state index contributed by atoms with van der Waals surface area (Å²) in [5.41, 5.74) is 2.19. The minimum absolute atomic E-state index is 0.0118. The minimum atomic E-state index is -0.0118. The van der Waals surface area contributed by atoms with E-state index in [2.05, 4.69) is 23.3 Å². The van der Waals surface area contributed by atoms with E-state index in [0.717, 1.165) is 53.6 Å². The molecule has 2 atom stereocenters. The number of fused-ring (bicyclic) bond motifs is 4. The second-order valence-corrected chi connectivity index (χ2v) is 7.54. The van der Waals surface area contributed by atoms with Gasteiger partial charge in [0.25, 0.3) is 0 Å². The number of amides is 2. The van der Waals surface area contributed by atoms with Crippen molar-refractivity contribution < 1.29 is 9.53 Å². The molecule has 7 heteroatoms. The van der Waals surface area contributed by atoms with Crippen LogP contribution in [0.2, 0.25) is 0 Å². The number of rotatable bonds is 1. The third-order valence-corrected chi connectivity index (χ3v) is 6.09. The normalized spacial score (nSPS) is 27.0. The summed E-state index contributed by atoms with van der Waals surface area (Å²) >= 11 is 1.61. The summed E-state index contributed by atoms with van der Waals surface area (Å²) in [5, 5.41) is 3.93. The number of carbonyl (C=O) groups is 1. The molecule has 3 aliphatic heterocycles. The van der Waals surface area contributed by atoms with Gasteiger partial charge in [0, 0.05) is 18.5 Å². The molecule has 5 rings (SSSR count). The van der Waals surface area contributed by atoms with Crippen LogP contribution in [0, 0.1) is 0 Å². The van der Waals surface area contributed by atoms with Gasteiger partial charge in [0.2, 0.25) is 0 Å². The topological polar surface area (TPSA) is 57.7 Å². The van der Waals surface area contributed by atoms with Crippen LogP contribution in [-0.2, 0) is 6.42 Å². The molecule has 2 unspecified atom stereocenters. The van der Waals surface area contributed by atoms with Gasteiger partial charge >= 0.3 is 6.03 Å². The maximum atomic E-state index is 12.5. The van der Waals surface area contributed by atoms with Gasteiger partial charge in [0.15, 0.2) is 5.13 Å². The summed E-state index contributed by atoms with van der Waals surface area (Å²) in [6, 6.07) is 4.48. The highest BCUT2D eigenvalue weighted by Crippen LogP contribution is 2.39. The van der Waals surface area contributed by atoms with Crippen molar-refractivity contribution in [1.29, 1.82) is 0 Å². The van der Waals surface area contributed by atoms with E-state index < -0.39 is 0 Å². The Morgan fingerprint density at radius 2 is 2.35 bits per heavy atom. The zero-order valence-electron chi connectivity index (χ0n) is 12.9. The Morgan fingerprint density at radius 1 is 1.43 bits per heavy atom. The van der Waals surface area contributed by atoms with Crippen molar-refractivity contribution in [3.8, 4) is 5.75 Å². The van der Waals surface area contributed by atoms with Gasteiger partial charge in [-0.2, -0.15) is 0 Å². The van der Waals surface area contributed by atoms with Crippen LogP contribution in [0.5, 0.6) is 5.75 Å². The van der Waals surface area contributed by atoms with E-state index in [0.29, 0.717) is 0 Å². The molecule has 1 N–H and O–H groups in total. The van der Waals surface area contributed by atoms with Crippen LogP contribution in [0.1, 0.15) is 12.0 Å². The summed E-state index contributed by atoms with van der Waals surface area (Å²) in [6.07, 6.45) is 1.88. The molecule has 2 fully saturated rings. The van der Waals surface area contributed by atoms with Crippen LogP contribution in [0.4, 0.5) is 9.93 Å². The molecule has 2 amide bonds. The maximum absolute atomic E-state index is 12.5. The molecule has 0 aliphatic carbocycles. The number of carbonyl (C=O) groups excluding carboxylic acids is 1. The van der Waals surface area contributed by atoms with Crippen molar-refractivity contribution in [3.63, 3.8) is 0 Å². The fraction of sp³-hybridized carbons (Fsp3) is 0.500. The van der Waals surface area contributed by atoms with Gasteiger partial charge in [-0.25, -0.2) is 9.78 Å². The van der Waals surface area contributed by atoms with Crippen molar-refractivity contribution in [1.82, 2.24) is 15.2 Å². The zero-order chi connectivity index (χ0) is 15.6. The largest absolute Gasteiger partial charge is 0.493 e. The highest BCUT2D eigenvalue weighted by atomic mass is 32.1. The highest BCUT2D eigenvalue weighted by molar-refractivity contribution is 7.22. The average Bonchev–Trinajstić information content (AvgIpc) is 3.20. The van der Waals surface area contributed by atoms with Crippen LogP contribution in [0.25, 0.3) is 10.2 Å². The minimum Gasteiger partial charge on any atom is -0.493 e. The fourth-order valence-electron chi connectivity index (χ4n) is 3.92. The first-order chi connectivity index (χ1) is 11.2. The van der Waals surface area contributed by atoms with Gasteiger partial charge in [-0.05, 0) is 32.1 Å². The van der Waals surface area contributed by atoms with E-state index in [-0.39, 0.29) is 18.1 Å². The van der Waals surface area contributed by atoms with Crippen LogP contribution in [0.3, 0.4) is 0 Å². The van der Waals surface area contributed by atoms with Crippen molar-refractivity contribution in [2.24, 2.45) is 0 Å². The first-order valence-electron chi connectivity index (χ1n) is 8.04. The molecule has 4 heterocycles. The van der Waals surface area contributed by atoms with Gasteiger partial charge in [-0.1, -0.05) is 11.3 Å². The lowest BCUT2D eigenvalue weighted by atomic mass is 10.0. The molecule has 0 radical (unpaired) electrons. The predicted molar refractivity (Wildman–Crippen MR) is 89.5 cm³/mol. The number of hydrogen-bond donors (Lipinski definition) is 1. The van der Waals surface area contributed by atoms with Crippen molar-refractivity contribution in [2.75, 3.05) is 31.6 Å². The number of ether oxygens (including phenoxy) is 1. The first kappa shape index (κ1) is 13.6. The van der Waals surface area contributed by atoms with E-state index in [1.807, 2.05) is 11.0 Å². The number of likely N-dealkylation sites (tertiary alicyclic amines) is 1. The number of anilines is 1. The zero-order valence-corrected chi connectivity index (χ0v) is 13.7. The van der Waals surface area contributed by atoms with Crippen LogP contribution in [0.15, 0.2) is 12.1 Å². The molecule has 1 aromatic heterocycles. The Bertz CT molecular complexity index is 805. The molecule has 23 heavy (non-hydrogen) atoms. The molecule has 0 saturated carbocycles. The number of thiazole rings is 1. The van der Waals surface area contributed by atoms with Gasteiger partial charge in [0.05, 0.1) is 28.9 Å². The van der Waals surface area contributed by atoms with Gasteiger partial charge < -0.3 is 15.0 Å². The smallest absolute Gasteiger partial charge is 0.324 e. The van der Waals surface area contributed by atoms with Gasteiger partial charge in [-0.3, -0.25) is 4.90 Å². The van der Waals surface area contributed by atoms with Gasteiger partial charge in [0.1, 0.15) is 5.75 Å². The molecule has 2 saturated heterocycles. The standard InChI is InChI=1S/C16H18N4O2S/c1-19-6-4-11-10(8-19)17-15(21)20(11)16-18-14-9-5-7-22-12(9)2-3-13(14)23-16/h2-3,10-11H,4-8H2,1H3,(H,17,21). The summed E-state index contributed by atoms with van der Waals surface area (Å²) in [7, 11) is 2.10. The molecular formula is C16H18N4O2S. The quantitative estimate of drug-likeness (QED) is 0.867. The van der Waals surface area contributed by atoms with Crippen LogP contribution in [-0.4, -0.2) is 54.7 Å². The Hall–Kier alpha value is -1.86. The molecule has 6 nitrogen and oxygen atoms in total. The predicted octanol–water partition coefficient (Wildman–Crippen LogP) is 1.83. The molecule has 3 aliphatic rings.